The van der Waals surface area contributed by atoms with Gasteiger partial charge < -0.3 is 4.90 Å². The van der Waals surface area contributed by atoms with Gasteiger partial charge in [-0.3, -0.25) is 0 Å². The van der Waals surface area contributed by atoms with Crippen LogP contribution in [0.1, 0.15) is 39.2 Å². The summed E-state index contributed by atoms with van der Waals surface area (Å²) in [6.07, 6.45) is 1.85. The van der Waals surface area contributed by atoms with E-state index < -0.39 is 10.0 Å². The van der Waals surface area contributed by atoms with Gasteiger partial charge in [-0.2, -0.15) is 0 Å². The molecule has 1 aromatic carbocycles. The second kappa shape index (κ2) is 8.51. The minimum absolute atomic E-state index is 0.0492. The lowest BCUT2D eigenvalue weighted by Gasteiger charge is -2.19. The van der Waals surface area contributed by atoms with Crippen molar-refractivity contribution in [1.29, 1.82) is 0 Å². The van der Waals surface area contributed by atoms with E-state index in [1.807, 2.05) is 26.0 Å². The SMILES string of the molecule is CCN(CC)CCC[C@H](C)NS(=O)(=O)c1ccc(C)cc1. The molecule has 4 nitrogen and oxygen atoms in total. The molecule has 5 heteroatoms. The van der Waals surface area contributed by atoms with Crippen LogP contribution in [0.15, 0.2) is 29.2 Å². The van der Waals surface area contributed by atoms with Crippen LogP contribution in [0.3, 0.4) is 0 Å². The van der Waals surface area contributed by atoms with Gasteiger partial charge in [0.05, 0.1) is 4.90 Å². The highest BCUT2D eigenvalue weighted by atomic mass is 32.2. The summed E-state index contributed by atoms with van der Waals surface area (Å²) in [4.78, 5) is 2.69. The molecule has 0 aromatic heterocycles. The lowest BCUT2D eigenvalue weighted by Crippen LogP contribution is -2.33. The van der Waals surface area contributed by atoms with Gasteiger partial charge in [0.25, 0.3) is 0 Å². The van der Waals surface area contributed by atoms with E-state index in [1.54, 1.807) is 12.1 Å². The van der Waals surface area contributed by atoms with Crippen LogP contribution in [0.25, 0.3) is 0 Å². The summed E-state index contributed by atoms with van der Waals surface area (Å²) in [7, 11) is -3.40. The molecule has 0 saturated carbocycles. The average Bonchev–Trinajstić information content (AvgIpc) is 2.43. The molecule has 21 heavy (non-hydrogen) atoms. The van der Waals surface area contributed by atoms with Crippen molar-refractivity contribution in [3.63, 3.8) is 0 Å². The first-order chi connectivity index (χ1) is 9.89. The van der Waals surface area contributed by atoms with E-state index in [4.69, 9.17) is 0 Å². The largest absolute Gasteiger partial charge is 0.304 e. The van der Waals surface area contributed by atoms with Crippen molar-refractivity contribution in [1.82, 2.24) is 9.62 Å². The first-order valence-corrected chi connectivity index (χ1v) is 9.18. The normalized spacial score (nSPS) is 13.6. The summed E-state index contributed by atoms with van der Waals surface area (Å²) >= 11 is 0. The van der Waals surface area contributed by atoms with Crippen molar-refractivity contribution < 1.29 is 8.42 Å². The zero-order chi connectivity index (χ0) is 15.9. The van der Waals surface area contributed by atoms with E-state index in [1.165, 1.54) is 0 Å². The van der Waals surface area contributed by atoms with Gasteiger partial charge in [-0.05, 0) is 58.5 Å². The molecule has 0 heterocycles. The number of hydrogen-bond acceptors (Lipinski definition) is 3. The molecule has 0 radical (unpaired) electrons. The number of aryl methyl sites for hydroxylation is 1. The Balaban J connectivity index is 2.49. The van der Waals surface area contributed by atoms with Gasteiger partial charge in [0.1, 0.15) is 0 Å². The number of nitrogens with zero attached hydrogens (tertiary/aromatic N) is 1. The van der Waals surface area contributed by atoms with Crippen molar-refractivity contribution in [3.05, 3.63) is 29.8 Å². The smallest absolute Gasteiger partial charge is 0.240 e. The Morgan fingerprint density at radius 3 is 2.24 bits per heavy atom. The zero-order valence-corrected chi connectivity index (χ0v) is 14.4. The second-order valence-electron chi connectivity index (χ2n) is 5.50. The molecule has 1 aromatic rings. The fourth-order valence-electron chi connectivity index (χ4n) is 2.27. The third-order valence-corrected chi connectivity index (χ3v) is 5.30. The Hall–Kier alpha value is -0.910. The molecule has 0 bridgehead atoms. The highest BCUT2D eigenvalue weighted by Gasteiger charge is 2.16. The van der Waals surface area contributed by atoms with Gasteiger partial charge in [0.2, 0.25) is 10.0 Å². The molecule has 0 unspecified atom stereocenters. The molecular formula is C16H28N2O2S. The maximum Gasteiger partial charge on any atom is 0.240 e. The van der Waals surface area contributed by atoms with Crippen LogP contribution < -0.4 is 4.72 Å². The van der Waals surface area contributed by atoms with Crippen LogP contribution in [0.2, 0.25) is 0 Å². The van der Waals surface area contributed by atoms with Gasteiger partial charge >= 0.3 is 0 Å². The third kappa shape index (κ3) is 6.16. The van der Waals surface area contributed by atoms with Gasteiger partial charge in [-0.15, -0.1) is 0 Å². The number of hydrogen-bond donors (Lipinski definition) is 1. The summed E-state index contributed by atoms with van der Waals surface area (Å²) in [5.74, 6) is 0. The average molecular weight is 312 g/mol. The lowest BCUT2D eigenvalue weighted by atomic mass is 10.2. The Morgan fingerprint density at radius 1 is 1.14 bits per heavy atom. The van der Waals surface area contributed by atoms with E-state index in [9.17, 15) is 8.42 Å². The van der Waals surface area contributed by atoms with Crippen LogP contribution in [0, 0.1) is 6.92 Å². The van der Waals surface area contributed by atoms with Gasteiger partial charge in [0.15, 0.2) is 0 Å². The van der Waals surface area contributed by atoms with Crippen molar-refractivity contribution in [3.8, 4) is 0 Å². The Kier molecular flexibility index (Phi) is 7.35. The van der Waals surface area contributed by atoms with Gasteiger partial charge in [-0.25, -0.2) is 13.1 Å². The number of rotatable bonds is 9. The van der Waals surface area contributed by atoms with Gasteiger partial charge in [0, 0.05) is 6.04 Å². The fraction of sp³-hybridized carbons (Fsp3) is 0.625. The monoisotopic (exact) mass is 312 g/mol. The van der Waals surface area contributed by atoms with E-state index in [0.717, 1.165) is 38.0 Å². The fourth-order valence-corrected chi connectivity index (χ4v) is 3.55. The highest BCUT2D eigenvalue weighted by Crippen LogP contribution is 2.11. The highest BCUT2D eigenvalue weighted by molar-refractivity contribution is 7.89. The molecule has 0 spiro atoms. The minimum Gasteiger partial charge on any atom is -0.304 e. The van der Waals surface area contributed by atoms with Gasteiger partial charge in [-0.1, -0.05) is 31.5 Å². The van der Waals surface area contributed by atoms with Crippen LogP contribution in [0.4, 0.5) is 0 Å². The van der Waals surface area contributed by atoms with E-state index >= 15 is 0 Å². The predicted molar refractivity (Wildman–Crippen MR) is 88.0 cm³/mol. The summed E-state index contributed by atoms with van der Waals surface area (Å²) in [5.41, 5.74) is 1.06. The third-order valence-electron chi connectivity index (χ3n) is 3.69. The summed E-state index contributed by atoms with van der Waals surface area (Å²) in [6.45, 7) is 11.3. The summed E-state index contributed by atoms with van der Waals surface area (Å²) in [6, 6.07) is 6.90. The first kappa shape index (κ1) is 18.1. The molecule has 0 aliphatic carbocycles. The molecule has 1 atom stereocenters. The lowest BCUT2D eigenvalue weighted by molar-refractivity contribution is 0.293. The van der Waals surface area contributed by atoms with E-state index in [2.05, 4.69) is 23.5 Å². The van der Waals surface area contributed by atoms with E-state index in [0.29, 0.717) is 4.90 Å². The van der Waals surface area contributed by atoms with Crippen molar-refractivity contribution in [2.24, 2.45) is 0 Å². The Labute approximate surface area is 129 Å². The second-order valence-corrected chi connectivity index (χ2v) is 7.22. The first-order valence-electron chi connectivity index (χ1n) is 7.70. The molecule has 1 rings (SSSR count). The van der Waals surface area contributed by atoms with Crippen molar-refractivity contribution >= 4 is 10.0 Å². The molecule has 0 aliphatic rings. The quantitative estimate of drug-likeness (QED) is 0.763. The number of benzene rings is 1. The Bertz CT molecular complexity index is 508. The van der Waals surface area contributed by atoms with E-state index in [-0.39, 0.29) is 6.04 Å². The summed E-state index contributed by atoms with van der Waals surface area (Å²) in [5, 5.41) is 0. The van der Waals surface area contributed by atoms with Crippen LogP contribution >= 0.6 is 0 Å². The molecule has 1 N–H and O–H groups in total. The minimum atomic E-state index is -3.40. The topological polar surface area (TPSA) is 49.4 Å². The molecule has 0 fully saturated rings. The zero-order valence-electron chi connectivity index (χ0n) is 13.6. The van der Waals surface area contributed by atoms with Crippen LogP contribution in [-0.4, -0.2) is 39.0 Å². The predicted octanol–water partition coefficient (Wildman–Crippen LogP) is 2.78. The van der Waals surface area contributed by atoms with Crippen LogP contribution in [-0.2, 0) is 10.0 Å². The van der Waals surface area contributed by atoms with Crippen molar-refractivity contribution in [2.75, 3.05) is 19.6 Å². The molecule has 0 aliphatic heterocycles. The Morgan fingerprint density at radius 2 is 1.71 bits per heavy atom. The van der Waals surface area contributed by atoms with Crippen LogP contribution in [0.5, 0.6) is 0 Å². The molecule has 0 amide bonds. The summed E-state index contributed by atoms with van der Waals surface area (Å²) < 4.78 is 27.2. The maximum absolute atomic E-state index is 12.2. The number of nitrogens with one attached hydrogen (secondary N) is 1. The maximum atomic E-state index is 12.2. The molecule has 120 valence electrons. The molecule has 0 saturated heterocycles. The number of sulfonamides is 1. The van der Waals surface area contributed by atoms with Crippen molar-refractivity contribution in [2.45, 2.75) is 51.5 Å². The standard InChI is InChI=1S/C16H28N2O2S/c1-5-18(6-2)13-7-8-15(4)17-21(19,20)16-11-9-14(3)10-12-16/h9-12,15,17H,5-8,13H2,1-4H3/t15-/m0/s1. The molecular weight excluding hydrogens is 284 g/mol.